The number of hydrogen-bond acceptors (Lipinski definition) is 4. The number of rotatable bonds is 4. The standard InChI is InChI=1S/C21H21FN4O2/c1-14-19(24-25-26(14)13-17-8-4-5-9-18(17)22)23-20(27)21(28)11-10-15-6-2-3-7-16(15)12-21/h2-9,28H,10-13H2,1H3,(H,23,27). The Morgan fingerprint density at radius 2 is 1.93 bits per heavy atom. The van der Waals surface area contributed by atoms with Crippen LogP contribution >= 0.6 is 0 Å². The molecular formula is C21H21FN4O2. The van der Waals surface area contributed by atoms with Crippen molar-refractivity contribution < 1.29 is 14.3 Å². The monoisotopic (exact) mass is 380 g/mol. The Morgan fingerprint density at radius 3 is 2.71 bits per heavy atom. The van der Waals surface area contributed by atoms with Gasteiger partial charge in [-0.25, -0.2) is 9.07 Å². The number of aryl methyl sites for hydroxylation is 1. The van der Waals surface area contributed by atoms with Crippen molar-refractivity contribution in [2.24, 2.45) is 0 Å². The Kier molecular flexibility index (Phi) is 4.68. The summed E-state index contributed by atoms with van der Waals surface area (Å²) in [7, 11) is 0. The molecule has 0 radical (unpaired) electrons. The Hall–Kier alpha value is -3.06. The number of anilines is 1. The van der Waals surface area contributed by atoms with Crippen LogP contribution in [0.1, 0.15) is 28.8 Å². The average molecular weight is 380 g/mol. The fourth-order valence-electron chi connectivity index (χ4n) is 3.55. The SMILES string of the molecule is Cc1c(NC(=O)C2(O)CCc3ccccc3C2)nnn1Cc1ccccc1F. The maximum absolute atomic E-state index is 13.9. The number of aliphatic hydroxyl groups is 1. The molecule has 7 heteroatoms. The number of halogens is 1. The minimum Gasteiger partial charge on any atom is -0.380 e. The normalized spacial score (nSPS) is 18.5. The summed E-state index contributed by atoms with van der Waals surface area (Å²) in [6, 6.07) is 14.3. The molecule has 1 heterocycles. The molecular weight excluding hydrogens is 359 g/mol. The van der Waals surface area contributed by atoms with E-state index < -0.39 is 11.5 Å². The second kappa shape index (κ2) is 7.16. The highest BCUT2D eigenvalue weighted by atomic mass is 19.1. The number of carbonyl (C=O) groups is 1. The minimum absolute atomic E-state index is 0.207. The summed E-state index contributed by atoms with van der Waals surface area (Å²) in [5, 5.41) is 21.6. The third kappa shape index (κ3) is 3.41. The van der Waals surface area contributed by atoms with E-state index in [2.05, 4.69) is 15.6 Å². The highest BCUT2D eigenvalue weighted by Gasteiger charge is 2.39. The summed E-state index contributed by atoms with van der Waals surface area (Å²) in [4.78, 5) is 12.8. The summed E-state index contributed by atoms with van der Waals surface area (Å²) >= 11 is 0. The van der Waals surface area contributed by atoms with Gasteiger partial charge in [-0.05, 0) is 37.0 Å². The summed E-state index contributed by atoms with van der Waals surface area (Å²) in [6.07, 6.45) is 1.24. The molecule has 0 saturated heterocycles. The van der Waals surface area contributed by atoms with E-state index in [1.54, 1.807) is 25.1 Å². The Bertz CT molecular complexity index is 1030. The van der Waals surface area contributed by atoms with E-state index in [0.717, 1.165) is 11.1 Å². The fourth-order valence-corrected chi connectivity index (χ4v) is 3.55. The first-order valence-corrected chi connectivity index (χ1v) is 9.20. The van der Waals surface area contributed by atoms with E-state index in [0.29, 0.717) is 24.1 Å². The molecule has 3 aromatic rings. The lowest BCUT2D eigenvalue weighted by Crippen LogP contribution is -2.47. The first-order valence-electron chi connectivity index (χ1n) is 9.20. The van der Waals surface area contributed by atoms with Crippen LogP contribution in [-0.4, -0.2) is 31.6 Å². The van der Waals surface area contributed by atoms with Gasteiger partial charge in [-0.2, -0.15) is 0 Å². The molecule has 1 aliphatic carbocycles. The van der Waals surface area contributed by atoms with Gasteiger partial charge in [0.1, 0.15) is 11.4 Å². The van der Waals surface area contributed by atoms with E-state index in [1.807, 2.05) is 24.3 Å². The maximum atomic E-state index is 13.9. The van der Waals surface area contributed by atoms with Gasteiger partial charge < -0.3 is 10.4 Å². The summed E-state index contributed by atoms with van der Waals surface area (Å²) in [5.74, 6) is -0.546. The highest BCUT2D eigenvalue weighted by molar-refractivity contribution is 5.97. The van der Waals surface area contributed by atoms with E-state index in [4.69, 9.17) is 0 Å². The van der Waals surface area contributed by atoms with Crippen molar-refractivity contribution >= 4 is 11.7 Å². The Balaban J connectivity index is 1.50. The molecule has 2 aromatic carbocycles. The zero-order chi connectivity index (χ0) is 19.7. The number of aromatic nitrogens is 3. The largest absolute Gasteiger partial charge is 0.380 e. The van der Waals surface area contributed by atoms with Crippen LogP contribution in [0.2, 0.25) is 0 Å². The number of amides is 1. The minimum atomic E-state index is -1.49. The van der Waals surface area contributed by atoms with Crippen molar-refractivity contribution in [1.29, 1.82) is 0 Å². The Labute approximate surface area is 162 Å². The quantitative estimate of drug-likeness (QED) is 0.729. The number of nitrogens with one attached hydrogen (secondary N) is 1. The number of carbonyl (C=O) groups excluding carboxylic acids is 1. The number of benzene rings is 2. The smallest absolute Gasteiger partial charge is 0.257 e. The molecule has 2 N–H and O–H groups in total. The average Bonchev–Trinajstić information content (AvgIpc) is 3.03. The summed E-state index contributed by atoms with van der Waals surface area (Å²) < 4.78 is 15.4. The molecule has 0 aliphatic heterocycles. The van der Waals surface area contributed by atoms with Gasteiger partial charge in [0.25, 0.3) is 5.91 Å². The van der Waals surface area contributed by atoms with E-state index >= 15 is 0 Å². The Morgan fingerprint density at radius 1 is 1.21 bits per heavy atom. The molecule has 28 heavy (non-hydrogen) atoms. The van der Waals surface area contributed by atoms with Crippen LogP contribution < -0.4 is 5.32 Å². The van der Waals surface area contributed by atoms with Crippen LogP contribution in [0.3, 0.4) is 0 Å². The fraction of sp³-hybridized carbons (Fsp3) is 0.286. The summed E-state index contributed by atoms with van der Waals surface area (Å²) in [6.45, 7) is 1.95. The lowest BCUT2D eigenvalue weighted by Gasteiger charge is -2.31. The zero-order valence-corrected chi connectivity index (χ0v) is 15.5. The molecule has 6 nitrogen and oxygen atoms in total. The van der Waals surface area contributed by atoms with Gasteiger partial charge >= 0.3 is 0 Å². The highest BCUT2D eigenvalue weighted by Crippen LogP contribution is 2.30. The van der Waals surface area contributed by atoms with Crippen molar-refractivity contribution in [2.45, 2.75) is 38.3 Å². The molecule has 1 atom stereocenters. The lowest BCUT2D eigenvalue weighted by atomic mass is 9.80. The predicted molar refractivity (Wildman–Crippen MR) is 102 cm³/mol. The van der Waals surface area contributed by atoms with Crippen LogP contribution in [0.15, 0.2) is 48.5 Å². The lowest BCUT2D eigenvalue weighted by molar-refractivity contribution is -0.135. The molecule has 0 bridgehead atoms. The molecule has 1 amide bonds. The van der Waals surface area contributed by atoms with Crippen molar-refractivity contribution in [3.63, 3.8) is 0 Å². The molecule has 0 saturated carbocycles. The van der Waals surface area contributed by atoms with Crippen molar-refractivity contribution in [3.05, 3.63) is 76.7 Å². The third-order valence-corrected chi connectivity index (χ3v) is 5.32. The molecule has 0 spiro atoms. The van der Waals surface area contributed by atoms with E-state index in [-0.39, 0.29) is 24.6 Å². The molecule has 0 fully saturated rings. The van der Waals surface area contributed by atoms with Gasteiger partial charge in [0.15, 0.2) is 5.82 Å². The van der Waals surface area contributed by atoms with Crippen LogP contribution in [0.5, 0.6) is 0 Å². The van der Waals surface area contributed by atoms with Crippen molar-refractivity contribution in [3.8, 4) is 0 Å². The van der Waals surface area contributed by atoms with Gasteiger partial charge in [0.05, 0.1) is 12.2 Å². The van der Waals surface area contributed by atoms with Crippen LogP contribution in [0.4, 0.5) is 10.2 Å². The van der Waals surface area contributed by atoms with Gasteiger partial charge in [0.2, 0.25) is 0 Å². The second-order valence-corrected chi connectivity index (χ2v) is 7.20. The number of hydrogen-bond donors (Lipinski definition) is 2. The van der Waals surface area contributed by atoms with Crippen LogP contribution in [-0.2, 0) is 24.2 Å². The predicted octanol–water partition coefficient (Wildman–Crippen LogP) is 2.63. The topological polar surface area (TPSA) is 80.0 Å². The first-order chi connectivity index (χ1) is 13.5. The van der Waals surface area contributed by atoms with E-state index in [1.165, 1.54) is 10.7 Å². The zero-order valence-electron chi connectivity index (χ0n) is 15.5. The van der Waals surface area contributed by atoms with Gasteiger partial charge in [-0.1, -0.05) is 47.7 Å². The molecule has 1 aromatic heterocycles. The molecule has 1 aliphatic rings. The van der Waals surface area contributed by atoms with Crippen molar-refractivity contribution in [1.82, 2.24) is 15.0 Å². The number of nitrogens with zero attached hydrogens (tertiary/aromatic N) is 3. The summed E-state index contributed by atoms with van der Waals surface area (Å²) in [5.41, 5.74) is 1.72. The van der Waals surface area contributed by atoms with Crippen LogP contribution in [0, 0.1) is 12.7 Å². The van der Waals surface area contributed by atoms with Gasteiger partial charge in [-0.15, -0.1) is 5.10 Å². The van der Waals surface area contributed by atoms with Gasteiger partial charge in [-0.3, -0.25) is 4.79 Å². The maximum Gasteiger partial charge on any atom is 0.257 e. The third-order valence-electron chi connectivity index (χ3n) is 5.32. The molecule has 1 unspecified atom stereocenters. The molecule has 144 valence electrons. The van der Waals surface area contributed by atoms with Crippen molar-refractivity contribution in [2.75, 3.05) is 5.32 Å². The molecule has 4 rings (SSSR count). The number of fused-ring (bicyclic) bond motifs is 1. The van der Waals surface area contributed by atoms with Crippen LogP contribution in [0.25, 0.3) is 0 Å². The van der Waals surface area contributed by atoms with Gasteiger partial charge in [0, 0.05) is 12.0 Å². The first kappa shape index (κ1) is 18.3. The van der Waals surface area contributed by atoms with E-state index in [9.17, 15) is 14.3 Å². The second-order valence-electron chi connectivity index (χ2n) is 7.20.